The highest BCUT2D eigenvalue weighted by Crippen LogP contribution is 2.44. The zero-order chi connectivity index (χ0) is 25.5. The number of hydrogen-bond donors (Lipinski definition) is 1. The number of benzene rings is 1. The van der Waals surface area contributed by atoms with Crippen LogP contribution >= 0.6 is 22.9 Å². The number of thiazole rings is 1. The molecule has 7 nitrogen and oxygen atoms in total. The largest absolute Gasteiger partial charge is 0.465 e. The van der Waals surface area contributed by atoms with Crippen molar-refractivity contribution in [2.45, 2.75) is 83.8 Å². The first kappa shape index (κ1) is 26.8. The van der Waals surface area contributed by atoms with Gasteiger partial charge in [0.15, 0.2) is 19.8 Å². The molecule has 2 heterocycles. The maximum absolute atomic E-state index is 12.7. The molecule has 0 saturated heterocycles. The van der Waals surface area contributed by atoms with Crippen molar-refractivity contribution in [3.8, 4) is 11.5 Å². The molecule has 2 aromatic rings. The lowest BCUT2D eigenvalue weighted by Gasteiger charge is -2.46. The van der Waals surface area contributed by atoms with Crippen molar-refractivity contribution >= 4 is 37.3 Å². The molecule has 0 fully saturated rings. The molecule has 34 heavy (non-hydrogen) atoms. The van der Waals surface area contributed by atoms with E-state index in [1.54, 1.807) is 6.20 Å². The second kappa shape index (κ2) is 9.68. The molecule has 1 aromatic carbocycles. The van der Waals surface area contributed by atoms with Gasteiger partial charge in [-0.05, 0) is 63.0 Å². The minimum Gasteiger partial charge on any atom is -0.465 e. The molecule has 0 saturated carbocycles. The van der Waals surface area contributed by atoms with Crippen LogP contribution in [0.2, 0.25) is 23.2 Å². The van der Waals surface area contributed by atoms with Gasteiger partial charge in [-0.3, -0.25) is 4.90 Å². The van der Waals surface area contributed by atoms with Crippen LogP contribution in [0.25, 0.3) is 0 Å². The molecule has 1 aliphatic rings. The number of hydrogen-bond acceptors (Lipinski definition) is 6. The van der Waals surface area contributed by atoms with E-state index in [9.17, 15) is 9.90 Å². The fourth-order valence-corrected chi connectivity index (χ4v) is 6.16. The number of amides is 1. The molecule has 2 atom stereocenters. The lowest BCUT2D eigenvalue weighted by molar-refractivity contribution is 0.0114. The third-order valence-electron chi connectivity index (χ3n) is 6.46. The summed E-state index contributed by atoms with van der Waals surface area (Å²) in [5, 5.41) is 13.4. The van der Waals surface area contributed by atoms with Gasteiger partial charge in [-0.25, -0.2) is 9.78 Å². The summed E-state index contributed by atoms with van der Waals surface area (Å²) in [5.41, 5.74) is 0.165. The molecule has 1 amide bonds. The Morgan fingerprint density at radius 2 is 1.94 bits per heavy atom. The molecule has 0 aliphatic carbocycles. The Balaban J connectivity index is 2.13. The first-order chi connectivity index (χ1) is 15.6. The highest BCUT2D eigenvalue weighted by Gasteiger charge is 2.46. The van der Waals surface area contributed by atoms with Gasteiger partial charge in [-0.1, -0.05) is 32.4 Å². The summed E-state index contributed by atoms with van der Waals surface area (Å²) >= 11 is 7.95. The Labute approximate surface area is 212 Å². The van der Waals surface area contributed by atoms with Gasteiger partial charge in [0.2, 0.25) is 6.79 Å². The standard InChI is InChI=1S/C24H35ClN2O5SSi/c1-23(2,3)27(22(28)29)17(12-15-11-16(25)19-18(13-15)30-14-31-19)20(21-26-9-10-33-21)32-34(7,8)24(4,5)6/h9-11,13,17,20H,12,14H2,1-8H3,(H,28,29)/t17-,20-/m0/s1. The Kier molecular flexibility index (Phi) is 7.63. The summed E-state index contributed by atoms with van der Waals surface area (Å²) in [6, 6.07) is 3.14. The van der Waals surface area contributed by atoms with Gasteiger partial charge in [0.25, 0.3) is 0 Å². The first-order valence-electron chi connectivity index (χ1n) is 11.3. The van der Waals surface area contributed by atoms with Crippen molar-refractivity contribution in [2.75, 3.05) is 6.79 Å². The van der Waals surface area contributed by atoms with Crippen molar-refractivity contribution < 1.29 is 23.8 Å². The van der Waals surface area contributed by atoms with E-state index in [-0.39, 0.29) is 11.8 Å². The number of nitrogens with zero attached hydrogens (tertiary/aromatic N) is 2. The fraction of sp³-hybridized carbons (Fsp3) is 0.583. The van der Waals surface area contributed by atoms with Crippen LogP contribution < -0.4 is 9.47 Å². The summed E-state index contributed by atoms with van der Waals surface area (Å²) < 4.78 is 17.9. The van der Waals surface area contributed by atoms with Crippen LogP contribution in [0.3, 0.4) is 0 Å². The molecule has 0 unspecified atom stereocenters. The van der Waals surface area contributed by atoms with Crippen molar-refractivity contribution in [1.82, 2.24) is 9.88 Å². The van der Waals surface area contributed by atoms with Crippen molar-refractivity contribution in [3.63, 3.8) is 0 Å². The summed E-state index contributed by atoms with van der Waals surface area (Å²) in [6.45, 7) is 16.6. The minimum absolute atomic E-state index is 0.0646. The van der Waals surface area contributed by atoms with E-state index < -0.39 is 32.1 Å². The zero-order valence-electron chi connectivity index (χ0n) is 21.1. The average molecular weight is 527 g/mol. The van der Waals surface area contributed by atoms with E-state index in [0.29, 0.717) is 22.9 Å². The summed E-state index contributed by atoms with van der Waals surface area (Å²) in [6.07, 6.45) is 0.558. The normalized spacial score (nSPS) is 15.8. The third-order valence-corrected chi connectivity index (χ3v) is 12.0. The quantitative estimate of drug-likeness (QED) is 0.392. The van der Waals surface area contributed by atoms with E-state index in [1.807, 2.05) is 38.3 Å². The van der Waals surface area contributed by atoms with Gasteiger partial charge in [0, 0.05) is 17.1 Å². The lowest BCUT2D eigenvalue weighted by Crippen LogP contribution is -2.56. The highest BCUT2D eigenvalue weighted by molar-refractivity contribution is 7.09. The van der Waals surface area contributed by atoms with Crippen LogP contribution in [-0.4, -0.2) is 47.8 Å². The molecular weight excluding hydrogens is 492 g/mol. The van der Waals surface area contributed by atoms with Gasteiger partial charge in [0.1, 0.15) is 11.1 Å². The van der Waals surface area contributed by atoms with E-state index >= 15 is 0 Å². The van der Waals surface area contributed by atoms with Gasteiger partial charge < -0.3 is 19.0 Å². The first-order valence-corrected chi connectivity index (χ1v) is 15.5. The molecular formula is C24H35ClN2O5SSi. The van der Waals surface area contributed by atoms with Gasteiger partial charge in [0.05, 0.1) is 11.1 Å². The molecule has 0 bridgehead atoms. The molecule has 188 valence electrons. The monoisotopic (exact) mass is 526 g/mol. The van der Waals surface area contributed by atoms with Crippen LogP contribution in [0, 0.1) is 0 Å². The molecule has 1 N–H and O–H groups in total. The Hall–Kier alpha value is -1.81. The molecule has 0 spiro atoms. The lowest BCUT2D eigenvalue weighted by atomic mass is 9.94. The molecule has 10 heteroatoms. The number of rotatable bonds is 7. The highest BCUT2D eigenvalue weighted by atomic mass is 35.5. The number of aromatic nitrogens is 1. The Morgan fingerprint density at radius 1 is 1.26 bits per heavy atom. The number of carbonyl (C=O) groups is 1. The van der Waals surface area contributed by atoms with Crippen molar-refractivity contribution in [2.24, 2.45) is 0 Å². The molecule has 1 aromatic heterocycles. The topological polar surface area (TPSA) is 81.1 Å². The number of fused-ring (bicyclic) bond motifs is 1. The number of halogens is 1. The predicted molar refractivity (Wildman–Crippen MR) is 138 cm³/mol. The molecule has 3 rings (SSSR count). The van der Waals surface area contributed by atoms with Gasteiger partial charge in [-0.2, -0.15) is 0 Å². The Bertz CT molecular complexity index is 1020. The Morgan fingerprint density at radius 3 is 2.47 bits per heavy atom. The SMILES string of the molecule is CC(C)(C)N(C(=O)O)[C@@H](Cc1cc(Cl)c2c(c1)OCO2)[C@H](O[Si](C)(C)C(C)(C)C)c1nccs1. The number of ether oxygens (including phenoxy) is 2. The van der Waals surface area contributed by atoms with E-state index in [1.165, 1.54) is 16.2 Å². The van der Waals surface area contributed by atoms with E-state index in [4.69, 9.17) is 25.5 Å². The van der Waals surface area contributed by atoms with Crippen LogP contribution in [0.4, 0.5) is 4.79 Å². The summed E-state index contributed by atoms with van der Waals surface area (Å²) in [5.74, 6) is 1.08. The second-order valence-corrected chi connectivity index (χ2v) is 17.2. The molecule has 0 radical (unpaired) electrons. The van der Waals surface area contributed by atoms with Gasteiger partial charge in [-0.15, -0.1) is 11.3 Å². The van der Waals surface area contributed by atoms with Crippen LogP contribution in [0.1, 0.15) is 58.2 Å². The van der Waals surface area contributed by atoms with Crippen molar-refractivity contribution in [1.29, 1.82) is 0 Å². The van der Waals surface area contributed by atoms with E-state index in [0.717, 1.165) is 10.6 Å². The summed E-state index contributed by atoms with van der Waals surface area (Å²) in [4.78, 5) is 18.7. The maximum Gasteiger partial charge on any atom is 0.408 e. The minimum atomic E-state index is -2.30. The van der Waals surface area contributed by atoms with Crippen LogP contribution in [0.15, 0.2) is 23.7 Å². The van der Waals surface area contributed by atoms with E-state index in [2.05, 4.69) is 38.8 Å². The third kappa shape index (κ3) is 5.70. The average Bonchev–Trinajstić information content (AvgIpc) is 3.35. The second-order valence-electron chi connectivity index (χ2n) is 11.1. The fourth-order valence-electron chi connectivity index (χ4n) is 3.80. The summed E-state index contributed by atoms with van der Waals surface area (Å²) in [7, 11) is -2.30. The van der Waals surface area contributed by atoms with Crippen molar-refractivity contribution in [3.05, 3.63) is 39.3 Å². The number of carboxylic acid groups (broad SMARTS) is 1. The smallest absolute Gasteiger partial charge is 0.408 e. The van der Waals surface area contributed by atoms with Crippen LogP contribution in [-0.2, 0) is 10.8 Å². The zero-order valence-corrected chi connectivity index (χ0v) is 23.7. The molecule has 1 aliphatic heterocycles. The van der Waals surface area contributed by atoms with Crippen LogP contribution in [0.5, 0.6) is 11.5 Å². The maximum atomic E-state index is 12.7. The van der Waals surface area contributed by atoms with Gasteiger partial charge >= 0.3 is 6.09 Å². The predicted octanol–water partition coefficient (Wildman–Crippen LogP) is 6.98.